The zero-order valence-electron chi connectivity index (χ0n) is 7.13. The minimum absolute atomic E-state index is 0.259. The third-order valence-electron chi connectivity index (χ3n) is 2.45. The lowest BCUT2D eigenvalue weighted by molar-refractivity contribution is 0.668. The zero-order valence-corrected chi connectivity index (χ0v) is 10.2. The van der Waals surface area contributed by atoms with Crippen molar-refractivity contribution in [2.45, 2.75) is 21.5 Å². The van der Waals surface area contributed by atoms with Gasteiger partial charge in [0.2, 0.25) is 0 Å². The van der Waals surface area contributed by atoms with E-state index < -0.39 is 0 Å². The van der Waals surface area contributed by atoms with Gasteiger partial charge in [-0.15, -0.1) is 46.4 Å². The second-order valence-corrected chi connectivity index (χ2v) is 5.27. The average Bonchev–Trinajstić information content (AvgIpc) is 2.23. The molecule has 1 aromatic carbocycles. The third-order valence-corrected chi connectivity index (χ3v) is 4.90. The molecule has 1 aliphatic rings. The summed E-state index contributed by atoms with van der Waals surface area (Å²) in [7, 11) is 0. The van der Waals surface area contributed by atoms with Crippen molar-refractivity contribution in [3.8, 4) is 0 Å². The summed E-state index contributed by atoms with van der Waals surface area (Å²) < 4.78 is 0. The van der Waals surface area contributed by atoms with Gasteiger partial charge in [-0.2, -0.15) is 0 Å². The van der Waals surface area contributed by atoms with Gasteiger partial charge in [0.1, 0.15) is 0 Å². The molecule has 0 bridgehead atoms. The fourth-order valence-electron chi connectivity index (χ4n) is 1.68. The molecule has 0 unspecified atom stereocenters. The Morgan fingerprint density at radius 2 is 1.07 bits per heavy atom. The van der Waals surface area contributed by atoms with E-state index in [0.717, 1.165) is 11.1 Å². The Balaban J connectivity index is 2.51. The molecule has 1 aliphatic carbocycles. The summed E-state index contributed by atoms with van der Waals surface area (Å²) in [5.74, 6) is 0. The molecule has 2 rings (SSSR count). The molecule has 1 aromatic rings. The van der Waals surface area contributed by atoms with Crippen molar-refractivity contribution >= 4 is 46.4 Å². The topological polar surface area (TPSA) is 0 Å². The van der Waals surface area contributed by atoms with Crippen LogP contribution in [-0.2, 0) is 0 Å². The molecule has 0 fully saturated rings. The van der Waals surface area contributed by atoms with Gasteiger partial charge < -0.3 is 0 Å². The molecular weight excluding hydrogens is 262 g/mol. The highest BCUT2D eigenvalue weighted by Gasteiger charge is 2.39. The van der Waals surface area contributed by atoms with Crippen LogP contribution < -0.4 is 0 Å². The van der Waals surface area contributed by atoms with Gasteiger partial charge in [-0.3, -0.25) is 0 Å². The lowest BCUT2D eigenvalue weighted by atomic mass is 9.90. The van der Waals surface area contributed by atoms with Crippen molar-refractivity contribution in [2.75, 3.05) is 0 Å². The van der Waals surface area contributed by atoms with Crippen molar-refractivity contribution < 1.29 is 0 Å². The monoisotopic (exact) mass is 268 g/mol. The zero-order chi connectivity index (χ0) is 10.3. The normalized spacial score (nSPS) is 36.6. The van der Waals surface area contributed by atoms with Gasteiger partial charge in [0.15, 0.2) is 0 Å². The van der Waals surface area contributed by atoms with Gasteiger partial charge in [-0.25, -0.2) is 0 Å². The van der Waals surface area contributed by atoms with Gasteiger partial charge in [-0.05, 0) is 11.1 Å². The highest BCUT2D eigenvalue weighted by molar-refractivity contribution is 6.39. The van der Waals surface area contributed by atoms with Crippen LogP contribution in [0.25, 0.3) is 0 Å². The molecule has 0 nitrogen and oxygen atoms in total. The van der Waals surface area contributed by atoms with Gasteiger partial charge >= 0.3 is 0 Å². The molecule has 4 atom stereocenters. The van der Waals surface area contributed by atoms with Gasteiger partial charge in [0.25, 0.3) is 0 Å². The smallest absolute Gasteiger partial charge is 0.0767 e. The standard InChI is InChI=1S/C10H8Cl4/c11-7-5-3-1-2-4-6(5)8(12)10(14)9(7)13/h1-4,7-10H/t7-,8+,9+,10-. The Morgan fingerprint density at radius 3 is 1.43 bits per heavy atom. The largest absolute Gasteiger partial charge is 0.119 e. The first-order valence-electron chi connectivity index (χ1n) is 4.28. The molecule has 4 heteroatoms. The van der Waals surface area contributed by atoms with E-state index in [9.17, 15) is 0 Å². The second-order valence-electron chi connectivity index (χ2n) is 3.32. The number of halogens is 4. The van der Waals surface area contributed by atoms with E-state index in [-0.39, 0.29) is 21.5 Å². The maximum atomic E-state index is 6.18. The van der Waals surface area contributed by atoms with E-state index in [1.54, 1.807) is 0 Å². The Bertz CT molecular complexity index is 306. The summed E-state index contributed by atoms with van der Waals surface area (Å²) >= 11 is 24.5. The maximum Gasteiger partial charge on any atom is 0.0767 e. The van der Waals surface area contributed by atoms with E-state index in [1.807, 2.05) is 24.3 Å². The molecule has 0 amide bonds. The van der Waals surface area contributed by atoms with Crippen LogP contribution >= 0.6 is 46.4 Å². The molecule has 0 heterocycles. The Hall–Kier alpha value is 0.380. The first-order chi connectivity index (χ1) is 6.63. The number of hydrogen-bond donors (Lipinski definition) is 0. The summed E-state index contributed by atoms with van der Waals surface area (Å²) in [4.78, 5) is 0. The molecule has 0 N–H and O–H groups in total. The van der Waals surface area contributed by atoms with Crippen molar-refractivity contribution in [1.82, 2.24) is 0 Å². The van der Waals surface area contributed by atoms with Gasteiger partial charge in [-0.1, -0.05) is 24.3 Å². The molecule has 0 aliphatic heterocycles. The first kappa shape index (κ1) is 10.9. The number of benzene rings is 1. The van der Waals surface area contributed by atoms with Crippen LogP contribution in [0.4, 0.5) is 0 Å². The molecule has 14 heavy (non-hydrogen) atoms. The number of fused-ring (bicyclic) bond motifs is 1. The fraction of sp³-hybridized carbons (Fsp3) is 0.400. The molecular formula is C10H8Cl4. The van der Waals surface area contributed by atoms with Crippen LogP contribution in [0.3, 0.4) is 0 Å². The Kier molecular flexibility index (Phi) is 3.18. The van der Waals surface area contributed by atoms with Gasteiger partial charge in [0, 0.05) is 0 Å². The Labute approximate surface area is 103 Å². The van der Waals surface area contributed by atoms with E-state index in [4.69, 9.17) is 46.4 Å². The molecule has 76 valence electrons. The highest BCUT2D eigenvalue weighted by atomic mass is 35.5. The van der Waals surface area contributed by atoms with Crippen molar-refractivity contribution in [3.05, 3.63) is 35.4 Å². The van der Waals surface area contributed by atoms with E-state index in [0.29, 0.717) is 0 Å². The van der Waals surface area contributed by atoms with E-state index >= 15 is 0 Å². The highest BCUT2D eigenvalue weighted by Crippen LogP contribution is 2.47. The minimum atomic E-state index is -0.323. The van der Waals surface area contributed by atoms with Crippen LogP contribution in [0.1, 0.15) is 21.9 Å². The summed E-state index contributed by atoms with van der Waals surface area (Å²) in [6.07, 6.45) is 0. The summed E-state index contributed by atoms with van der Waals surface area (Å²) in [5, 5.41) is -1.16. The number of hydrogen-bond acceptors (Lipinski definition) is 0. The fourth-order valence-corrected chi connectivity index (χ4v) is 3.10. The number of alkyl halides is 4. The lowest BCUT2D eigenvalue weighted by Crippen LogP contribution is -2.30. The van der Waals surface area contributed by atoms with Crippen molar-refractivity contribution in [2.24, 2.45) is 0 Å². The SMILES string of the molecule is Cl[C@@H]1[C@H](Cl)[C@@H](Cl)c2ccccc2[C@H]1Cl. The Morgan fingerprint density at radius 1 is 0.714 bits per heavy atom. The summed E-state index contributed by atoms with van der Waals surface area (Å²) in [6.45, 7) is 0. The van der Waals surface area contributed by atoms with Crippen LogP contribution in [0.5, 0.6) is 0 Å². The molecule has 0 aromatic heterocycles. The predicted molar refractivity (Wildman–Crippen MR) is 62.9 cm³/mol. The van der Waals surface area contributed by atoms with Crippen molar-refractivity contribution in [3.63, 3.8) is 0 Å². The molecule has 0 saturated heterocycles. The predicted octanol–water partition coefficient (Wildman–Crippen LogP) is 4.47. The molecule has 0 radical (unpaired) electrons. The van der Waals surface area contributed by atoms with Crippen LogP contribution in [0.2, 0.25) is 0 Å². The second kappa shape index (κ2) is 4.09. The maximum absolute atomic E-state index is 6.18. The quantitative estimate of drug-likeness (QED) is 0.610. The summed E-state index contributed by atoms with van der Waals surface area (Å²) in [6, 6.07) is 7.74. The minimum Gasteiger partial charge on any atom is -0.119 e. The van der Waals surface area contributed by atoms with Gasteiger partial charge in [0.05, 0.1) is 21.5 Å². The van der Waals surface area contributed by atoms with Crippen molar-refractivity contribution in [1.29, 1.82) is 0 Å². The van der Waals surface area contributed by atoms with Crippen LogP contribution in [0.15, 0.2) is 24.3 Å². The average molecular weight is 270 g/mol. The summed E-state index contributed by atoms with van der Waals surface area (Å²) in [5.41, 5.74) is 1.98. The first-order valence-corrected chi connectivity index (χ1v) is 6.02. The third kappa shape index (κ3) is 1.63. The lowest BCUT2D eigenvalue weighted by Gasteiger charge is -2.33. The molecule has 0 saturated carbocycles. The molecule has 0 spiro atoms. The van der Waals surface area contributed by atoms with Crippen LogP contribution in [0, 0.1) is 0 Å². The van der Waals surface area contributed by atoms with Crippen LogP contribution in [-0.4, -0.2) is 10.8 Å². The number of rotatable bonds is 0. The van der Waals surface area contributed by atoms with E-state index in [1.165, 1.54) is 0 Å². The van der Waals surface area contributed by atoms with E-state index in [2.05, 4.69) is 0 Å².